The van der Waals surface area contributed by atoms with Crippen LogP contribution >= 0.6 is 0 Å². The molecular weight excluding hydrogens is 456 g/mol. The van der Waals surface area contributed by atoms with Gasteiger partial charge in [-0.05, 0) is 64.4 Å². The molecule has 0 spiro atoms. The smallest absolute Gasteiger partial charge is 0.0143 e. The van der Waals surface area contributed by atoms with Crippen molar-refractivity contribution < 1.29 is 0 Å². The number of hydrogen-bond acceptors (Lipinski definition) is 0. The SMILES string of the molecule is c1ccc2c3c4cccc(c4cc2c1)CCCCCCCCCCCCCCCCCCCCCCCC3. The summed E-state index contributed by atoms with van der Waals surface area (Å²) in [6.07, 6.45) is 34.1. The summed E-state index contributed by atoms with van der Waals surface area (Å²) in [5, 5.41) is 5.96. The van der Waals surface area contributed by atoms with E-state index in [1.54, 1.807) is 11.1 Å². The molecular formula is C38H56. The minimum absolute atomic E-state index is 1.22. The quantitative estimate of drug-likeness (QED) is 0.263. The summed E-state index contributed by atoms with van der Waals surface area (Å²) >= 11 is 0. The van der Waals surface area contributed by atoms with E-state index in [4.69, 9.17) is 0 Å². The Labute approximate surface area is 235 Å². The molecule has 0 heterocycles. The molecule has 0 heteroatoms. The lowest BCUT2D eigenvalue weighted by Crippen LogP contribution is -1.95. The molecule has 0 aromatic heterocycles. The van der Waals surface area contributed by atoms with Crippen LogP contribution in [0.4, 0.5) is 0 Å². The topological polar surface area (TPSA) is 0 Å². The van der Waals surface area contributed by atoms with E-state index in [1.807, 2.05) is 0 Å². The van der Waals surface area contributed by atoms with Gasteiger partial charge in [0.1, 0.15) is 0 Å². The van der Waals surface area contributed by atoms with E-state index in [1.165, 1.54) is 176 Å². The number of benzene rings is 3. The van der Waals surface area contributed by atoms with Crippen molar-refractivity contribution >= 4 is 21.5 Å². The standard InChI is InChI=1S/C38H56/c1-2-4-6-8-10-12-14-16-18-20-22-30-36-35-29-24-23-27-34(35)32-38-33(28-25-31-37(36)38)26-21-19-17-15-13-11-9-7-5-3-1/h23-25,27-29,31-32H,1-22,26,30H2. The van der Waals surface area contributed by atoms with Gasteiger partial charge in [-0.2, -0.15) is 0 Å². The summed E-state index contributed by atoms with van der Waals surface area (Å²) in [5.41, 5.74) is 3.18. The van der Waals surface area contributed by atoms with Gasteiger partial charge in [0, 0.05) is 0 Å². The molecule has 4 bridgehead atoms. The predicted octanol–water partition coefficient (Wildman–Crippen LogP) is 12.7. The summed E-state index contributed by atoms with van der Waals surface area (Å²) in [4.78, 5) is 0. The summed E-state index contributed by atoms with van der Waals surface area (Å²) in [6.45, 7) is 0. The molecule has 0 atom stereocenters. The average Bonchev–Trinajstić information content (AvgIpc) is 2.94. The van der Waals surface area contributed by atoms with Crippen LogP contribution in [0.2, 0.25) is 0 Å². The molecule has 1 aliphatic rings. The second-order valence-corrected chi connectivity index (χ2v) is 12.4. The lowest BCUT2D eigenvalue weighted by Gasteiger charge is -2.15. The number of fused-ring (bicyclic) bond motifs is 2. The molecule has 0 saturated carbocycles. The minimum Gasteiger partial charge on any atom is -0.0616 e. The Kier molecular flexibility index (Phi) is 13.6. The van der Waals surface area contributed by atoms with E-state index < -0.39 is 0 Å². The van der Waals surface area contributed by atoms with Gasteiger partial charge in [0.05, 0.1) is 0 Å². The normalized spacial score (nSPS) is 19.7. The third-order valence-corrected chi connectivity index (χ3v) is 9.23. The van der Waals surface area contributed by atoms with Crippen molar-refractivity contribution in [1.82, 2.24) is 0 Å². The summed E-state index contributed by atoms with van der Waals surface area (Å²) in [5.74, 6) is 0. The van der Waals surface area contributed by atoms with Crippen molar-refractivity contribution in [3.8, 4) is 0 Å². The van der Waals surface area contributed by atoms with Crippen LogP contribution in [0.15, 0.2) is 48.5 Å². The van der Waals surface area contributed by atoms with E-state index in [2.05, 4.69) is 48.5 Å². The molecule has 3 aromatic carbocycles. The average molecular weight is 513 g/mol. The second kappa shape index (κ2) is 17.7. The van der Waals surface area contributed by atoms with Crippen LogP contribution in [-0.2, 0) is 12.8 Å². The fourth-order valence-corrected chi connectivity index (χ4v) is 6.89. The van der Waals surface area contributed by atoms with Crippen LogP contribution < -0.4 is 0 Å². The molecule has 0 nitrogen and oxygen atoms in total. The fraction of sp³-hybridized carbons (Fsp3) is 0.632. The zero-order valence-electron chi connectivity index (χ0n) is 24.6. The van der Waals surface area contributed by atoms with Gasteiger partial charge in [-0.1, -0.05) is 171 Å². The molecule has 0 aliphatic heterocycles. The first-order valence-corrected chi connectivity index (χ1v) is 16.9. The van der Waals surface area contributed by atoms with Gasteiger partial charge in [-0.3, -0.25) is 0 Å². The van der Waals surface area contributed by atoms with Crippen LogP contribution in [0.1, 0.15) is 152 Å². The van der Waals surface area contributed by atoms with Crippen molar-refractivity contribution in [3.05, 3.63) is 59.7 Å². The minimum atomic E-state index is 1.22. The predicted molar refractivity (Wildman–Crippen MR) is 170 cm³/mol. The van der Waals surface area contributed by atoms with E-state index in [-0.39, 0.29) is 0 Å². The molecule has 208 valence electrons. The van der Waals surface area contributed by atoms with Crippen LogP contribution in [-0.4, -0.2) is 0 Å². The Hall–Kier alpha value is -1.82. The zero-order chi connectivity index (χ0) is 26.1. The Morgan fingerprint density at radius 2 is 0.737 bits per heavy atom. The van der Waals surface area contributed by atoms with Crippen molar-refractivity contribution in [2.45, 2.75) is 154 Å². The summed E-state index contributed by atoms with van der Waals surface area (Å²) in [7, 11) is 0. The Bertz CT molecular complexity index is 1040. The maximum absolute atomic E-state index is 2.49. The van der Waals surface area contributed by atoms with Crippen molar-refractivity contribution in [1.29, 1.82) is 0 Å². The maximum Gasteiger partial charge on any atom is -0.0143 e. The third-order valence-electron chi connectivity index (χ3n) is 9.23. The van der Waals surface area contributed by atoms with Crippen LogP contribution in [0.5, 0.6) is 0 Å². The highest BCUT2D eigenvalue weighted by molar-refractivity contribution is 6.03. The van der Waals surface area contributed by atoms with E-state index >= 15 is 0 Å². The Balaban J connectivity index is 1.36. The largest absolute Gasteiger partial charge is 0.0616 e. The molecule has 0 saturated heterocycles. The highest BCUT2D eigenvalue weighted by atomic mass is 14.1. The first-order valence-electron chi connectivity index (χ1n) is 16.9. The van der Waals surface area contributed by atoms with E-state index in [0.29, 0.717) is 0 Å². The van der Waals surface area contributed by atoms with Crippen molar-refractivity contribution in [3.63, 3.8) is 0 Å². The molecule has 3 aromatic rings. The van der Waals surface area contributed by atoms with Gasteiger partial charge in [0.25, 0.3) is 0 Å². The maximum atomic E-state index is 2.49. The lowest BCUT2D eigenvalue weighted by molar-refractivity contribution is 0.518. The zero-order valence-corrected chi connectivity index (χ0v) is 24.6. The van der Waals surface area contributed by atoms with E-state index in [9.17, 15) is 0 Å². The molecule has 0 radical (unpaired) electrons. The molecule has 0 unspecified atom stereocenters. The molecule has 4 rings (SSSR count). The van der Waals surface area contributed by atoms with Gasteiger partial charge < -0.3 is 0 Å². The highest BCUT2D eigenvalue weighted by Crippen LogP contribution is 2.32. The van der Waals surface area contributed by atoms with Gasteiger partial charge in [0.2, 0.25) is 0 Å². The van der Waals surface area contributed by atoms with Gasteiger partial charge in [-0.15, -0.1) is 0 Å². The van der Waals surface area contributed by atoms with Gasteiger partial charge >= 0.3 is 0 Å². The van der Waals surface area contributed by atoms with Crippen molar-refractivity contribution in [2.24, 2.45) is 0 Å². The van der Waals surface area contributed by atoms with Crippen LogP contribution in [0.3, 0.4) is 0 Å². The lowest BCUT2D eigenvalue weighted by atomic mass is 9.90. The number of rotatable bonds is 0. The summed E-state index contributed by atoms with van der Waals surface area (Å²) < 4.78 is 0. The first-order chi connectivity index (χ1) is 18.9. The second-order valence-electron chi connectivity index (χ2n) is 12.4. The number of aryl methyl sites for hydroxylation is 2. The molecule has 0 fully saturated rings. The Morgan fingerprint density at radius 1 is 0.316 bits per heavy atom. The molecule has 0 amide bonds. The fourth-order valence-electron chi connectivity index (χ4n) is 6.89. The molecule has 1 aliphatic carbocycles. The van der Waals surface area contributed by atoms with Crippen LogP contribution in [0, 0.1) is 0 Å². The Morgan fingerprint density at radius 3 is 1.26 bits per heavy atom. The van der Waals surface area contributed by atoms with Gasteiger partial charge in [-0.25, -0.2) is 0 Å². The van der Waals surface area contributed by atoms with Crippen LogP contribution in [0.25, 0.3) is 21.5 Å². The molecule has 0 N–H and O–H groups in total. The first kappa shape index (κ1) is 29.2. The highest BCUT2D eigenvalue weighted by Gasteiger charge is 2.10. The molecule has 38 heavy (non-hydrogen) atoms. The van der Waals surface area contributed by atoms with Gasteiger partial charge in [0.15, 0.2) is 0 Å². The number of hydrogen-bond donors (Lipinski definition) is 0. The summed E-state index contributed by atoms with van der Waals surface area (Å²) in [6, 6.07) is 18.8. The third kappa shape index (κ3) is 9.73. The monoisotopic (exact) mass is 512 g/mol. The van der Waals surface area contributed by atoms with Crippen molar-refractivity contribution in [2.75, 3.05) is 0 Å². The van der Waals surface area contributed by atoms with E-state index in [0.717, 1.165) is 0 Å².